The fraction of sp³-hybridized carbons (Fsp3) is 0.533. The van der Waals surface area contributed by atoms with E-state index in [4.69, 9.17) is 11.6 Å². The second kappa shape index (κ2) is 6.10. The summed E-state index contributed by atoms with van der Waals surface area (Å²) in [6.45, 7) is 0. The van der Waals surface area contributed by atoms with Gasteiger partial charge in [-0.05, 0) is 25.0 Å². The fourth-order valence-electron chi connectivity index (χ4n) is 2.75. The zero-order valence-corrected chi connectivity index (χ0v) is 12.6. The third-order valence-electron chi connectivity index (χ3n) is 3.80. The molecule has 1 saturated carbocycles. The number of fused-ring (bicyclic) bond motifs is 1. The van der Waals surface area contributed by atoms with Gasteiger partial charge < -0.3 is 5.32 Å². The first-order chi connectivity index (χ1) is 9.33. The predicted octanol–water partition coefficient (Wildman–Crippen LogP) is 5.47. The summed E-state index contributed by atoms with van der Waals surface area (Å²) in [6, 6.07) is 6.51. The summed E-state index contributed by atoms with van der Waals surface area (Å²) in [5.74, 6) is 0. The van der Waals surface area contributed by atoms with Gasteiger partial charge in [0.05, 0.1) is 15.2 Å². The minimum absolute atomic E-state index is 0.583. The van der Waals surface area contributed by atoms with E-state index in [0.717, 1.165) is 20.4 Å². The van der Waals surface area contributed by atoms with Gasteiger partial charge in [-0.15, -0.1) is 0 Å². The lowest BCUT2D eigenvalue weighted by atomic mass is 9.97. The quantitative estimate of drug-likeness (QED) is 0.794. The van der Waals surface area contributed by atoms with Crippen molar-refractivity contribution in [2.75, 3.05) is 5.32 Å². The summed E-state index contributed by atoms with van der Waals surface area (Å²) in [5.41, 5.74) is 1.01. The Morgan fingerprint density at radius 2 is 1.84 bits per heavy atom. The van der Waals surface area contributed by atoms with Crippen LogP contribution in [-0.2, 0) is 0 Å². The minimum Gasteiger partial charge on any atom is -0.359 e. The van der Waals surface area contributed by atoms with Crippen LogP contribution in [0.25, 0.3) is 10.2 Å². The van der Waals surface area contributed by atoms with Crippen LogP contribution in [0.15, 0.2) is 18.2 Å². The van der Waals surface area contributed by atoms with Gasteiger partial charge in [0, 0.05) is 6.04 Å². The summed E-state index contributed by atoms with van der Waals surface area (Å²) in [4.78, 5) is 4.64. The molecule has 3 rings (SSSR count). The van der Waals surface area contributed by atoms with Crippen molar-refractivity contribution in [2.24, 2.45) is 0 Å². The molecule has 2 aromatic rings. The Morgan fingerprint density at radius 3 is 2.58 bits per heavy atom. The summed E-state index contributed by atoms with van der Waals surface area (Å²) in [7, 11) is 0. The lowest BCUT2D eigenvalue weighted by Gasteiger charge is -2.20. The molecular weight excluding hydrogens is 276 g/mol. The number of hydrogen-bond donors (Lipinski definition) is 1. The molecule has 2 nitrogen and oxygen atoms in total. The topological polar surface area (TPSA) is 24.9 Å². The van der Waals surface area contributed by atoms with E-state index in [2.05, 4.69) is 10.3 Å². The van der Waals surface area contributed by atoms with Gasteiger partial charge in [-0.1, -0.05) is 61.1 Å². The van der Waals surface area contributed by atoms with Crippen molar-refractivity contribution < 1.29 is 0 Å². The van der Waals surface area contributed by atoms with E-state index in [-0.39, 0.29) is 0 Å². The fourth-order valence-corrected chi connectivity index (χ4v) is 3.98. The van der Waals surface area contributed by atoms with E-state index in [1.807, 2.05) is 18.2 Å². The molecule has 4 heteroatoms. The van der Waals surface area contributed by atoms with E-state index in [9.17, 15) is 0 Å². The SMILES string of the molecule is Clc1cccc2nc(NC3CCCCCCC3)sc12. The molecule has 1 aliphatic rings. The zero-order valence-electron chi connectivity index (χ0n) is 11.0. The maximum absolute atomic E-state index is 6.20. The molecule has 1 aromatic heterocycles. The molecule has 0 bridgehead atoms. The number of aromatic nitrogens is 1. The molecule has 1 aromatic carbocycles. The summed E-state index contributed by atoms with van der Waals surface area (Å²) >= 11 is 7.88. The number of nitrogens with zero attached hydrogens (tertiary/aromatic N) is 1. The highest BCUT2D eigenvalue weighted by atomic mass is 35.5. The monoisotopic (exact) mass is 294 g/mol. The molecule has 1 fully saturated rings. The Morgan fingerprint density at radius 1 is 1.11 bits per heavy atom. The average Bonchev–Trinajstić information content (AvgIpc) is 2.76. The van der Waals surface area contributed by atoms with Gasteiger partial charge in [0.15, 0.2) is 5.13 Å². The second-order valence-corrected chi connectivity index (χ2v) is 6.70. The molecule has 1 N–H and O–H groups in total. The Kier molecular flexibility index (Phi) is 4.24. The van der Waals surface area contributed by atoms with E-state index in [1.165, 1.54) is 44.9 Å². The van der Waals surface area contributed by atoms with E-state index in [0.29, 0.717) is 6.04 Å². The normalized spacial score (nSPS) is 18.2. The number of halogens is 1. The van der Waals surface area contributed by atoms with Crippen LogP contribution in [0.5, 0.6) is 0 Å². The van der Waals surface area contributed by atoms with Crippen LogP contribution in [0.4, 0.5) is 5.13 Å². The average molecular weight is 295 g/mol. The number of nitrogens with one attached hydrogen (secondary N) is 1. The molecule has 19 heavy (non-hydrogen) atoms. The predicted molar refractivity (Wildman–Crippen MR) is 84.4 cm³/mol. The third kappa shape index (κ3) is 3.21. The Bertz CT molecular complexity index is 544. The highest BCUT2D eigenvalue weighted by Gasteiger charge is 2.14. The van der Waals surface area contributed by atoms with Gasteiger partial charge in [0.2, 0.25) is 0 Å². The standard InChI is InChI=1S/C15H19ClN2S/c16-12-9-6-10-13-14(12)19-15(18-13)17-11-7-4-2-1-3-5-8-11/h6,9-11H,1-5,7-8H2,(H,17,18). The van der Waals surface area contributed by atoms with Gasteiger partial charge in [-0.25, -0.2) is 4.98 Å². The van der Waals surface area contributed by atoms with Crippen LogP contribution in [0.1, 0.15) is 44.9 Å². The Labute approximate surface area is 123 Å². The van der Waals surface area contributed by atoms with Crippen molar-refractivity contribution in [1.29, 1.82) is 0 Å². The number of anilines is 1. The van der Waals surface area contributed by atoms with Crippen LogP contribution >= 0.6 is 22.9 Å². The van der Waals surface area contributed by atoms with E-state index in [1.54, 1.807) is 11.3 Å². The Balaban J connectivity index is 1.74. The molecular formula is C15H19ClN2S. The van der Waals surface area contributed by atoms with Crippen molar-refractivity contribution in [3.8, 4) is 0 Å². The van der Waals surface area contributed by atoms with Crippen LogP contribution in [0, 0.1) is 0 Å². The lowest BCUT2D eigenvalue weighted by molar-refractivity contribution is 0.471. The summed E-state index contributed by atoms with van der Waals surface area (Å²) < 4.78 is 1.09. The first-order valence-corrected chi connectivity index (χ1v) is 8.34. The third-order valence-corrected chi connectivity index (χ3v) is 5.26. The number of thiazole rings is 1. The number of benzene rings is 1. The van der Waals surface area contributed by atoms with Crippen LogP contribution in [0.2, 0.25) is 5.02 Å². The molecule has 102 valence electrons. The van der Waals surface area contributed by atoms with Gasteiger partial charge in [-0.2, -0.15) is 0 Å². The molecule has 0 radical (unpaired) electrons. The molecule has 1 aliphatic carbocycles. The van der Waals surface area contributed by atoms with E-state index < -0.39 is 0 Å². The van der Waals surface area contributed by atoms with Crippen molar-refractivity contribution in [2.45, 2.75) is 51.0 Å². The maximum atomic E-state index is 6.20. The van der Waals surface area contributed by atoms with Crippen molar-refractivity contribution in [3.05, 3.63) is 23.2 Å². The zero-order chi connectivity index (χ0) is 13.1. The second-order valence-electron chi connectivity index (χ2n) is 5.29. The van der Waals surface area contributed by atoms with Crippen LogP contribution < -0.4 is 5.32 Å². The van der Waals surface area contributed by atoms with Gasteiger partial charge in [0.25, 0.3) is 0 Å². The maximum Gasteiger partial charge on any atom is 0.184 e. The number of rotatable bonds is 2. The minimum atomic E-state index is 0.583. The van der Waals surface area contributed by atoms with Crippen molar-refractivity contribution in [1.82, 2.24) is 4.98 Å². The van der Waals surface area contributed by atoms with Gasteiger partial charge >= 0.3 is 0 Å². The first kappa shape index (κ1) is 13.2. The van der Waals surface area contributed by atoms with Gasteiger partial charge in [0.1, 0.15) is 0 Å². The van der Waals surface area contributed by atoms with Crippen molar-refractivity contribution >= 4 is 38.3 Å². The van der Waals surface area contributed by atoms with E-state index >= 15 is 0 Å². The Hall–Kier alpha value is -0.800. The highest BCUT2D eigenvalue weighted by molar-refractivity contribution is 7.22. The number of hydrogen-bond acceptors (Lipinski definition) is 3. The largest absolute Gasteiger partial charge is 0.359 e. The highest BCUT2D eigenvalue weighted by Crippen LogP contribution is 2.32. The van der Waals surface area contributed by atoms with Crippen LogP contribution in [0.3, 0.4) is 0 Å². The summed E-state index contributed by atoms with van der Waals surface area (Å²) in [5, 5.41) is 5.44. The van der Waals surface area contributed by atoms with Gasteiger partial charge in [-0.3, -0.25) is 0 Å². The molecule has 0 aliphatic heterocycles. The smallest absolute Gasteiger partial charge is 0.184 e. The van der Waals surface area contributed by atoms with Crippen molar-refractivity contribution in [3.63, 3.8) is 0 Å². The van der Waals surface area contributed by atoms with Crippen LogP contribution in [-0.4, -0.2) is 11.0 Å². The molecule has 0 saturated heterocycles. The molecule has 1 heterocycles. The summed E-state index contributed by atoms with van der Waals surface area (Å²) in [6.07, 6.45) is 9.37. The molecule has 0 unspecified atom stereocenters. The molecule has 0 atom stereocenters. The molecule has 0 amide bonds. The molecule has 0 spiro atoms. The lowest BCUT2D eigenvalue weighted by Crippen LogP contribution is -2.20. The first-order valence-electron chi connectivity index (χ1n) is 7.14.